The van der Waals surface area contributed by atoms with E-state index in [9.17, 15) is 4.79 Å². The summed E-state index contributed by atoms with van der Waals surface area (Å²) in [5, 5.41) is 0. The molecule has 0 heterocycles. The summed E-state index contributed by atoms with van der Waals surface area (Å²) in [4.78, 5) is 10.1. The fraction of sp³-hybridized carbons (Fsp3) is 0.857. The number of rotatable bonds is 8. The number of primary amides is 1. The minimum atomic E-state index is -0.789. The van der Waals surface area contributed by atoms with Gasteiger partial charge in [-0.1, -0.05) is 0 Å². The molecule has 0 saturated carbocycles. The fourth-order valence-electron chi connectivity index (χ4n) is 0.606. The quantitative estimate of drug-likeness (QED) is 0.484. The second-order valence-corrected chi connectivity index (χ2v) is 2.18. The van der Waals surface area contributed by atoms with Crippen molar-refractivity contribution in [2.45, 2.75) is 0 Å². The summed E-state index contributed by atoms with van der Waals surface area (Å²) in [5.41, 5.74) is 9.90. The first-order chi connectivity index (χ1) is 6.27. The smallest absolute Gasteiger partial charge is 0.404 e. The van der Waals surface area contributed by atoms with Gasteiger partial charge in [0, 0.05) is 6.54 Å². The van der Waals surface area contributed by atoms with Gasteiger partial charge in [-0.25, -0.2) is 4.79 Å². The van der Waals surface area contributed by atoms with Crippen molar-refractivity contribution in [1.29, 1.82) is 0 Å². The van der Waals surface area contributed by atoms with Gasteiger partial charge in [-0.15, -0.1) is 0 Å². The molecule has 0 fully saturated rings. The van der Waals surface area contributed by atoms with Gasteiger partial charge in [0.25, 0.3) is 0 Å². The first-order valence-corrected chi connectivity index (χ1v) is 4.05. The lowest BCUT2D eigenvalue weighted by Gasteiger charge is -2.04. The van der Waals surface area contributed by atoms with Crippen LogP contribution in [0.4, 0.5) is 4.79 Å². The monoisotopic (exact) mass is 192 g/mol. The maximum atomic E-state index is 10.1. The standard InChI is InChI=1S/C7H16N2O4/c8-1-2-11-3-4-12-5-6-13-7(9)10/h1-6,8H2,(H2,9,10). The Morgan fingerprint density at radius 3 is 2.08 bits per heavy atom. The van der Waals surface area contributed by atoms with Crippen molar-refractivity contribution >= 4 is 6.09 Å². The van der Waals surface area contributed by atoms with Gasteiger partial charge in [-0.3, -0.25) is 0 Å². The third kappa shape index (κ3) is 11.1. The van der Waals surface area contributed by atoms with E-state index in [2.05, 4.69) is 4.74 Å². The van der Waals surface area contributed by atoms with Crippen LogP contribution in [-0.4, -0.2) is 45.7 Å². The Hall–Kier alpha value is -0.850. The number of hydrogen-bond acceptors (Lipinski definition) is 5. The normalized spacial score (nSPS) is 9.92. The zero-order valence-electron chi connectivity index (χ0n) is 7.53. The third-order valence-corrected chi connectivity index (χ3v) is 1.11. The molecule has 0 spiro atoms. The van der Waals surface area contributed by atoms with Gasteiger partial charge in [-0.05, 0) is 0 Å². The Morgan fingerprint density at radius 1 is 1.00 bits per heavy atom. The van der Waals surface area contributed by atoms with Crippen molar-refractivity contribution in [2.24, 2.45) is 11.5 Å². The van der Waals surface area contributed by atoms with Crippen LogP contribution < -0.4 is 11.5 Å². The molecule has 6 heteroatoms. The van der Waals surface area contributed by atoms with Gasteiger partial charge in [-0.2, -0.15) is 0 Å². The summed E-state index contributed by atoms with van der Waals surface area (Å²) in [5.74, 6) is 0. The van der Waals surface area contributed by atoms with Crippen LogP contribution in [0.3, 0.4) is 0 Å². The summed E-state index contributed by atoms with van der Waals surface area (Å²) >= 11 is 0. The molecule has 0 aromatic heterocycles. The van der Waals surface area contributed by atoms with Crippen LogP contribution in [0.5, 0.6) is 0 Å². The number of hydrogen-bond donors (Lipinski definition) is 2. The topological polar surface area (TPSA) is 96.8 Å². The molecule has 6 nitrogen and oxygen atoms in total. The fourth-order valence-corrected chi connectivity index (χ4v) is 0.606. The predicted molar refractivity (Wildman–Crippen MR) is 46.2 cm³/mol. The number of ether oxygens (including phenoxy) is 3. The van der Waals surface area contributed by atoms with Crippen LogP contribution in [0.15, 0.2) is 0 Å². The van der Waals surface area contributed by atoms with Crippen molar-refractivity contribution < 1.29 is 19.0 Å². The molecule has 0 aliphatic carbocycles. The van der Waals surface area contributed by atoms with E-state index in [-0.39, 0.29) is 6.61 Å². The van der Waals surface area contributed by atoms with E-state index in [1.165, 1.54) is 0 Å². The molecule has 4 N–H and O–H groups in total. The molecule has 78 valence electrons. The largest absolute Gasteiger partial charge is 0.447 e. The van der Waals surface area contributed by atoms with E-state index < -0.39 is 6.09 Å². The van der Waals surface area contributed by atoms with Crippen LogP contribution >= 0.6 is 0 Å². The van der Waals surface area contributed by atoms with Gasteiger partial charge in [0.05, 0.1) is 26.4 Å². The molecule has 0 rings (SSSR count). The van der Waals surface area contributed by atoms with Gasteiger partial charge < -0.3 is 25.7 Å². The molecule has 13 heavy (non-hydrogen) atoms. The molecule has 0 aliphatic heterocycles. The highest BCUT2D eigenvalue weighted by Crippen LogP contribution is 1.80. The van der Waals surface area contributed by atoms with Crippen LogP contribution in [0.1, 0.15) is 0 Å². The molecular formula is C7H16N2O4. The lowest BCUT2D eigenvalue weighted by molar-refractivity contribution is 0.0313. The molecule has 0 aromatic carbocycles. The van der Waals surface area contributed by atoms with Crippen LogP contribution in [0, 0.1) is 0 Å². The Balaban J connectivity index is 2.87. The first kappa shape index (κ1) is 12.2. The van der Waals surface area contributed by atoms with E-state index in [1.54, 1.807) is 0 Å². The van der Waals surface area contributed by atoms with Crippen molar-refractivity contribution in [3.8, 4) is 0 Å². The van der Waals surface area contributed by atoms with Gasteiger partial charge >= 0.3 is 6.09 Å². The number of carbonyl (C=O) groups is 1. The molecule has 0 aliphatic rings. The van der Waals surface area contributed by atoms with Crippen molar-refractivity contribution in [3.63, 3.8) is 0 Å². The van der Waals surface area contributed by atoms with Crippen molar-refractivity contribution in [1.82, 2.24) is 0 Å². The van der Waals surface area contributed by atoms with Crippen molar-refractivity contribution in [2.75, 3.05) is 39.6 Å². The molecule has 0 aromatic rings. The van der Waals surface area contributed by atoms with E-state index in [1.807, 2.05) is 0 Å². The summed E-state index contributed by atoms with van der Waals surface area (Å²) in [6, 6.07) is 0. The Kier molecular flexibility index (Phi) is 8.64. The van der Waals surface area contributed by atoms with Crippen LogP contribution in [-0.2, 0) is 14.2 Å². The summed E-state index contributed by atoms with van der Waals surface area (Å²) < 4.78 is 14.5. The SMILES string of the molecule is NCCOCCOCCOC(N)=O. The molecule has 0 unspecified atom stereocenters. The van der Waals surface area contributed by atoms with E-state index in [0.29, 0.717) is 33.0 Å². The Labute approximate surface area is 77.1 Å². The average Bonchev–Trinajstić information content (AvgIpc) is 2.09. The highest BCUT2D eigenvalue weighted by Gasteiger charge is 1.93. The molecule has 0 atom stereocenters. The van der Waals surface area contributed by atoms with Gasteiger partial charge in [0.1, 0.15) is 6.61 Å². The maximum absolute atomic E-state index is 10.1. The molecule has 0 saturated heterocycles. The number of amides is 1. The highest BCUT2D eigenvalue weighted by molar-refractivity contribution is 5.64. The lowest BCUT2D eigenvalue weighted by Crippen LogP contribution is -2.17. The van der Waals surface area contributed by atoms with Crippen LogP contribution in [0.2, 0.25) is 0 Å². The second-order valence-electron chi connectivity index (χ2n) is 2.18. The van der Waals surface area contributed by atoms with E-state index in [4.69, 9.17) is 20.9 Å². The number of carbonyl (C=O) groups excluding carboxylic acids is 1. The van der Waals surface area contributed by atoms with E-state index in [0.717, 1.165) is 0 Å². The molecule has 0 radical (unpaired) electrons. The van der Waals surface area contributed by atoms with Gasteiger partial charge in [0.2, 0.25) is 0 Å². The van der Waals surface area contributed by atoms with E-state index >= 15 is 0 Å². The zero-order valence-corrected chi connectivity index (χ0v) is 7.53. The highest BCUT2D eigenvalue weighted by atomic mass is 16.6. The van der Waals surface area contributed by atoms with Crippen LogP contribution in [0.25, 0.3) is 0 Å². The van der Waals surface area contributed by atoms with Crippen molar-refractivity contribution in [3.05, 3.63) is 0 Å². The third-order valence-electron chi connectivity index (χ3n) is 1.11. The summed E-state index contributed by atoms with van der Waals surface area (Å²) in [6.07, 6.45) is -0.789. The summed E-state index contributed by atoms with van der Waals surface area (Å²) in [6.45, 7) is 2.49. The van der Waals surface area contributed by atoms with Gasteiger partial charge in [0.15, 0.2) is 0 Å². The minimum absolute atomic E-state index is 0.173. The molecular weight excluding hydrogens is 176 g/mol. The Bertz CT molecular complexity index is 132. The average molecular weight is 192 g/mol. The predicted octanol–water partition coefficient (Wildman–Crippen LogP) is -0.926. The molecule has 1 amide bonds. The molecule has 0 bridgehead atoms. The number of nitrogens with two attached hydrogens (primary N) is 2. The summed E-state index contributed by atoms with van der Waals surface area (Å²) in [7, 11) is 0. The lowest BCUT2D eigenvalue weighted by atomic mass is 10.7. The zero-order chi connectivity index (χ0) is 9.94. The first-order valence-electron chi connectivity index (χ1n) is 4.05. The second kappa shape index (κ2) is 9.24. The Morgan fingerprint density at radius 2 is 1.54 bits per heavy atom. The maximum Gasteiger partial charge on any atom is 0.404 e. The minimum Gasteiger partial charge on any atom is -0.447 e.